The zero-order valence-electron chi connectivity index (χ0n) is 16.5. The van der Waals surface area contributed by atoms with Gasteiger partial charge in [0.25, 0.3) is 0 Å². The maximum absolute atomic E-state index is 12.4. The lowest BCUT2D eigenvalue weighted by molar-refractivity contribution is -0.134. The Bertz CT molecular complexity index is 793. The first-order valence-electron chi connectivity index (χ1n) is 9.92. The van der Waals surface area contributed by atoms with Crippen LogP contribution in [0.15, 0.2) is 29.2 Å². The Morgan fingerprint density at radius 1 is 0.857 bits per heavy atom. The van der Waals surface area contributed by atoms with Crippen molar-refractivity contribution in [3.8, 4) is 0 Å². The molecule has 2 saturated heterocycles. The van der Waals surface area contributed by atoms with Crippen molar-refractivity contribution in [3.63, 3.8) is 0 Å². The third-order valence-corrected chi connectivity index (χ3v) is 7.24. The molecule has 2 amide bonds. The second-order valence-electron chi connectivity index (χ2n) is 7.63. The zero-order chi connectivity index (χ0) is 20.1. The van der Waals surface area contributed by atoms with Crippen molar-refractivity contribution in [3.05, 3.63) is 29.8 Å². The molecule has 2 aliphatic rings. The molecule has 2 heterocycles. The number of likely N-dealkylation sites (tertiary alicyclic amines) is 1. The molecular formula is C20H29N3O4S. The summed E-state index contributed by atoms with van der Waals surface area (Å²) in [5.74, 6) is -0.148. The molecule has 154 valence electrons. The molecule has 0 aromatic heterocycles. The summed E-state index contributed by atoms with van der Waals surface area (Å²) in [5.41, 5.74) is 0.996. The number of benzene rings is 1. The number of sulfone groups is 1. The summed E-state index contributed by atoms with van der Waals surface area (Å²) in [6, 6.07) is 6.70. The summed E-state index contributed by atoms with van der Waals surface area (Å²) in [7, 11) is -3.46. The minimum atomic E-state index is -3.46. The Hall–Kier alpha value is -1.93. The Kier molecular flexibility index (Phi) is 6.72. The van der Waals surface area contributed by atoms with E-state index in [0.29, 0.717) is 32.7 Å². The lowest BCUT2D eigenvalue weighted by atomic mass is 10.2. The molecule has 1 aromatic rings. The number of hydrogen-bond donors (Lipinski definition) is 0. The number of piperazine rings is 1. The largest absolute Gasteiger partial charge is 0.342 e. The summed E-state index contributed by atoms with van der Waals surface area (Å²) in [4.78, 5) is 30.6. The Balaban J connectivity index is 1.43. The fourth-order valence-electron chi connectivity index (χ4n) is 3.66. The first kappa shape index (κ1) is 20.8. The monoisotopic (exact) mass is 407 g/mol. The van der Waals surface area contributed by atoms with Gasteiger partial charge in [0.15, 0.2) is 9.84 Å². The summed E-state index contributed by atoms with van der Waals surface area (Å²) in [5, 5.41) is 0. The fourth-order valence-corrected chi connectivity index (χ4v) is 4.89. The van der Waals surface area contributed by atoms with E-state index in [1.807, 2.05) is 11.8 Å². The average molecular weight is 408 g/mol. The Labute approximate surface area is 167 Å². The molecule has 2 aliphatic heterocycles. The summed E-state index contributed by atoms with van der Waals surface area (Å²) >= 11 is 0. The molecule has 7 nitrogen and oxygen atoms in total. The van der Waals surface area contributed by atoms with Gasteiger partial charge in [-0.25, -0.2) is 8.42 Å². The molecule has 0 saturated carbocycles. The van der Waals surface area contributed by atoms with E-state index in [0.717, 1.165) is 31.5 Å². The van der Waals surface area contributed by atoms with Gasteiger partial charge in [-0.2, -0.15) is 0 Å². The molecule has 0 aliphatic carbocycles. The van der Waals surface area contributed by atoms with Crippen LogP contribution in [-0.4, -0.2) is 86.5 Å². The van der Waals surface area contributed by atoms with Crippen LogP contribution in [0.4, 0.5) is 0 Å². The molecule has 2 fully saturated rings. The van der Waals surface area contributed by atoms with Crippen LogP contribution in [0.3, 0.4) is 0 Å². The first-order valence-corrected chi connectivity index (χ1v) is 11.6. The van der Waals surface area contributed by atoms with Gasteiger partial charge in [0.2, 0.25) is 11.8 Å². The number of carbonyl (C=O) groups is 2. The lowest BCUT2D eigenvalue weighted by Gasteiger charge is -2.35. The lowest BCUT2D eigenvalue weighted by Crippen LogP contribution is -2.51. The Morgan fingerprint density at radius 3 is 2.04 bits per heavy atom. The van der Waals surface area contributed by atoms with Crippen molar-refractivity contribution < 1.29 is 18.0 Å². The second kappa shape index (κ2) is 9.05. The van der Waals surface area contributed by atoms with Crippen LogP contribution in [-0.2, 0) is 19.4 Å². The fraction of sp³-hybridized carbons (Fsp3) is 0.600. The predicted octanol–water partition coefficient (Wildman–Crippen LogP) is 0.925. The highest BCUT2D eigenvalue weighted by Crippen LogP contribution is 2.14. The van der Waals surface area contributed by atoms with Gasteiger partial charge in [0.05, 0.1) is 17.2 Å². The van der Waals surface area contributed by atoms with Crippen molar-refractivity contribution in [2.24, 2.45) is 0 Å². The molecule has 1 aromatic carbocycles. The number of carbonyl (C=O) groups excluding carboxylic acids is 2. The van der Waals surface area contributed by atoms with Crippen LogP contribution >= 0.6 is 0 Å². The van der Waals surface area contributed by atoms with E-state index in [1.54, 1.807) is 29.2 Å². The minimum Gasteiger partial charge on any atom is -0.342 e. The third kappa shape index (κ3) is 5.32. The molecular weight excluding hydrogens is 378 g/mol. The van der Waals surface area contributed by atoms with E-state index >= 15 is 0 Å². The highest BCUT2D eigenvalue weighted by molar-refractivity contribution is 7.91. The van der Waals surface area contributed by atoms with Crippen LogP contribution in [0.1, 0.15) is 24.8 Å². The molecule has 0 radical (unpaired) electrons. The van der Waals surface area contributed by atoms with E-state index in [1.165, 1.54) is 0 Å². The van der Waals surface area contributed by atoms with Crippen LogP contribution in [0, 0.1) is 6.92 Å². The number of amides is 2. The van der Waals surface area contributed by atoms with Crippen molar-refractivity contribution in [1.82, 2.24) is 14.7 Å². The normalized spacial score (nSPS) is 18.5. The highest BCUT2D eigenvalue weighted by atomic mass is 32.2. The molecule has 8 heteroatoms. The first-order chi connectivity index (χ1) is 13.3. The molecule has 0 N–H and O–H groups in total. The average Bonchev–Trinajstić information content (AvgIpc) is 3.22. The van der Waals surface area contributed by atoms with E-state index in [9.17, 15) is 18.0 Å². The van der Waals surface area contributed by atoms with Gasteiger partial charge in [0.1, 0.15) is 0 Å². The summed E-state index contributed by atoms with van der Waals surface area (Å²) in [6.07, 6.45) is 2.15. The zero-order valence-corrected chi connectivity index (χ0v) is 17.3. The molecule has 0 unspecified atom stereocenters. The van der Waals surface area contributed by atoms with E-state index in [2.05, 4.69) is 4.90 Å². The standard InChI is InChI=1S/C20H29N3O4S/c1-17-4-6-18(7-5-17)28(26,27)15-8-19(24)23-13-11-21(12-14-23)16-20(25)22-9-2-3-10-22/h4-7H,2-3,8-16H2,1H3. The molecule has 0 bridgehead atoms. The van der Waals surface area contributed by atoms with Gasteiger partial charge in [-0.15, -0.1) is 0 Å². The smallest absolute Gasteiger partial charge is 0.236 e. The number of nitrogens with zero attached hydrogens (tertiary/aromatic N) is 3. The number of rotatable bonds is 6. The van der Waals surface area contributed by atoms with Crippen LogP contribution < -0.4 is 0 Å². The van der Waals surface area contributed by atoms with E-state index in [4.69, 9.17) is 0 Å². The number of hydrogen-bond acceptors (Lipinski definition) is 5. The van der Waals surface area contributed by atoms with Crippen molar-refractivity contribution in [1.29, 1.82) is 0 Å². The van der Waals surface area contributed by atoms with Gasteiger partial charge in [-0.3, -0.25) is 14.5 Å². The highest BCUT2D eigenvalue weighted by Gasteiger charge is 2.26. The van der Waals surface area contributed by atoms with Crippen LogP contribution in [0.5, 0.6) is 0 Å². The van der Waals surface area contributed by atoms with Gasteiger partial charge in [0, 0.05) is 45.7 Å². The molecule has 28 heavy (non-hydrogen) atoms. The molecule has 3 rings (SSSR count). The van der Waals surface area contributed by atoms with Crippen molar-refractivity contribution in [2.45, 2.75) is 31.1 Å². The maximum atomic E-state index is 12.4. The quantitative estimate of drug-likeness (QED) is 0.701. The second-order valence-corrected chi connectivity index (χ2v) is 9.74. The van der Waals surface area contributed by atoms with Crippen molar-refractivity contribution >= 4 is 21.7 Å². The van der Waals surface area contributed by atoms with Gasteiger partial charge < -0.3 is 9.80 Å². The Morgan fingerprint density at radius 2 is 1.43 bits per heavy atom. The molecule has 0 atom stereocenters. The maximum Gasteiger partial charge on any atom is 0.236 e. The number of aryl methyl sites for hydroxylation is 1. The summed E-state index contributed by atoms with van der Waals surface area (Å²) < 4.78 is 24.8. The van der Waals surface area contributed by atoms with Gasteiger partial charge in [-0.1, -0.05) is 17.7 Å². The minimum absolute atomic E-state index is 0.0110. The third-order valence-electron chi connectivity index (χ3n) is 5.51. The summed E-state index contributed by atoms with van der Waals surface area (Å²) in [6.45, 7) is 6.39. The van der Waals surface area contributed by atoms with Gasteiger partial charge >= 0.3 is 0 Å². The van der Waals surface area contributed by atoms with Crippen LogP contribution in [0.2, 0.25) is 0 Å². The topological polar surface area (TPSA) is 78.0 Å². The SMILES string of the molecule is Cc1ccc(S(=O)(=O)CCC(=O)N2CCN(CC(=O)N3CCCC3)CC2)cc1. The molecule has 0 spiro atoms. The van der Waals surface area contributed by atoms with Crippen LogP contribution in [0.25, 0.3) is 0 Å². The van der Waals surface area contributed by atoms with E-state index < -0.39 is 9.84 Å². The van der Waals surface area contributed by atoms with Crippen molar-refractivity contribution in [2.75, 3.05) is 51.6 Å². The van der Waals surface area contributed by atoms with E-state index in [-0.39, 0.29) is 28.9 Å². The predicted molar refractivity (Wildman–Crippen MR) is 107 cm³/mol. The van der Waals surface area contributed by atoms with Gasteiger partial charge in [-0.05, 0) is 31.9 Å².